The van der Waals surface area contributed by atoms with Crippen molar-refractivity contribution < 1.29 is 18.7 Å². The maximum Gasteiger partial charge on any atom is 0.328 e. The van der Waals surface area contributed by atoms with Gasteiger partial charge in [-0.1, -0.05) is 23.1 Å². The molecule has 0 aromatic carbocycles. The summed E-state index contributed by atoms with van der Waals surface area (Å²) in [5, 5.41) is 16.6. The molecule has 1 rings (SSSR count). The second kappa shape index (κ2) is 5.20. The third-order valence-electron chi connectivity index (χ3n) is 0.917. The highest BCUT2D eigenvalue weighted by molar-refractivity contribution is 8.03. The van der Waals surface area contributed by atoms with Gasteiger partial charge >= 0.3 is 5.97 Å². The average molecular weight is 252 g/mol. The van der Waals surface area contributed by atoms with Gasteiger partial charge < -0.3 is 9.66 Å². The Bertz CT molecular complexity index is 388. The molecule has 14 heavy (non-hydrogen) atoms. The first-order valence-electron chi connectivity index (χ1n) is 3.10. The van der Waals surface area contributed by atoms with Gasteiger partial charge in [0.1, 0.15) is 0 Å². The maximum atomic E-state index is 10.5. The van der Waals surface area contributed by atoms with E-state index in [0.29, 0.717) is 4.34 Å². The molecule has 0 aliphatic rings. The highest BCUT2D eigenvalue weighted by Crippen LogP contribution is 2.24. The molecule has 2 N–H and O–H groups in total. The number of aliphatic carboxylic acids is 1. The second-order valence-electron chi connectivity index (χ2n) is 1.84. The molecular weight excluding hydrogens is 248 g/mol. The minimum absolute atomic E-state index is 0.00350. The minimum atomic E-state index is -2.13. The fourth-order valence-electron chi connectivity index (χ4n) is 0.466. The molecule has 1 atom stereocenters. The summed E-state index contributed by atoms with van der Waals surface area (Å²) >= 11 is -0.167. The normalized spacial score (nSPS) is 13.2. The summed E-state index contributed by atoms with van der Waals surface area (Å²) in [6.45, 7) is 0. The van der Waals surface area contributed by atoms with Gasteiger partial charge in [-0.05, 0) is 5.41 Å². The molecule has 0 amide bonds. The Kier molecular flexibility index (Phi) is 4.20. The third kappa shape index (κ3) is 3.54. The van der Waals surface area contributed by atoms with Gasteiger partial charge in [0.25, 0.3) is 0 Å². The highest BCUT2D eigenvalue weighted by atomic mass is 32.2. The van der Waals surface area contributed by atoms with Crippen LogP contribution in [0.2, 0.25) is 0 Å². The summed E-state index contributed by atoms with van der Waals surface area (Å²) < 4.78 is 19.5. The van der Waals surface area contributed by atoms with Gasteiger partial charge in [0.15, 0.2) is 4.34 Å². The van der Waals surface area contributed by atoms with E-state index < -0.39 is 17.0 Å². The molecule has 1 aromatic heterocycles. The molecule has 1 unspecified atom stereocenters. The fraction of sp³-hybridized carbons (Fsp3) is 0. The molecule has 9 heteroatoms. The van der Waals surface area contributed by atoms with Crippen molar-refractivity contribution in [3.8, 4) is 0 Å². The quantitative estimate of drug-likeness (QED) is 0.464. The zero-order valence-corrected chi connectivity index (χ0v) is 8.93. The second-order valence-corrected chi connectivity index (χ2v) is 5.12. The molecule has 1 aromatic rings. The number of hydrogen-bond donors (Lipinski definition) is 2. The first-order valence-corrected chi connectivity index (χ1v) is 5.90. The van der Waals surface area contributed by atoms with E-state index >= 15 is 0 Å². The summed E-state index contributed by atoms with van der Waals surface area (Å²) in [7, 11) is 0. The van der Waals surface area contributed by atoms with E-state index in [1.165, 1.54) is 5.41 Å². The Morgan fingerprint density at radius 2 is 2.29 bits per heavy atom. The van der Waals surface area contributed by atoms with Crippen LogP contribution in [0, 0.1) is 0 Å². The van der Waals surface area contributed by atoms with Crippen molar-refractivity contribution in [2.75, 3.05) is 0 Å². The Balaban J connectivity index is 2.60. The predicted octanol–water partition coefficient (Wildman–Crippen LogP) is 0.809. The molecular formula is C5H4N2O4S3. The minimum Gasteiger partial charge on any atom is -0.478 e. The lowest BCUT2D eigenvalue weighted by Gasteiger charge is -1.82. The number of hydrogen-bond acceptors (Lipinski definition) is 6. The molecule has 6 nitrogen and oxygen atoms in total. The van der Waals surface area contributed by atoms with E-state index in [0.717, 1.165) is 29.2 Å². The van der Waals surface area contributed by atoms with Crippen LogP contribution in [0.4, 0.5) is 0 Å². The summed E-state index contributed by atoms with van der Waals surface area (Å²) in [4.78, 5) is 10.1. The third-order valence-corrected chi connectivity index (χ3v) is 3.58. The maximum absolute atomic E-state index is 10.5. The lowest BCUT2D eigenvalue weighted by Crippen LogP contribution is -1.85. The Labute approximate surface area is 89.3 Å². The van der Waals surface area contributed by atoms with Gasteiger partial charge in [-0.15, -0.1) is 10.2 Å². The Hall–Kier alpha value is -0.770. The number of thioether (sulfide) groups is 1. The van der Waals surface area contributed by atoms with Crippen LogP contribution in [0.15, 0.2) is 20.2 Å². The van der Waals surface area contributed by atoms with Crippen LogP contribution in [-0.4, -0.2) is 30.0 Å². The van der Waals surface area contributed by atoms with Gasteiger partial charge in [-0.2, -0.15) is 0 Å². The van der Waals surface area contributed by atoms with E-state index in [1.807, 2.05) is 0 Å². The Morgan fingerprint density at radius 1 is 1.57 bits per heavy atom. The number of aromatic nitrogens is 2. The van der Waals surface area contributed by atoms with E-state index in [4.69, 9.17) is 9.66 Å². The summed E-state index contributed by atoms with van der Waals surface area (Å²) in [6, 6.07) is 0. The van der Waals surface area contributed by atoms with Crippen molar-refractivity contribution in [1.82, 2.24) is 10.2 Å². The lowest BCUT2D eigenvalue weighted by molar-refractivity contribution is -0.131. The number of carboxylic acids is 1. The van der Waals surface area contributed by atoms with E-state index in [1.54, 1.807) is 0 Å². The van der Waals surface area contributed by atoms with E-state index in [9.17, 15) is 9.00 Å². The molecule has 0 fully saturated rings. The van der Waals surface area contributed by atoms with Crippen molar-refractivity contribution in [2.24, 2.45) is 0 Å². The molecule has 0 saturated heterocycles. The SMILES string of the molecule is O=C(O)C=CSc1nnc(S(=O)O)s1. The first kappa shape index (κ1) is 11.3. The van der Waals surface area contributed by atoms with Crippen LogP contribution >= 0.6 is 23.1 Å². The molecule has 0 spiro atoms. The highest BCUT2D eigenvalue weighted by Gasteiger charge is 2.07. The van der Waals surface area contributed by atoms with Gasteiger partial charge in [0.2, 0.25) is 15.4 Å². The molecule has 0 saturated carbocycles. The summed E-state index contributed by atoms with van der Waals surface area (Å²) in [6.07, 6.45) is 0.946. The summed E-state index contributed by atoms with van der Waals surface area (Å²) in [5.74, 6) is -1.06. The number of nitrogens with zero attached hydrogens (tertiary/aromatic N) is 2. The number of rotatable bonds is 4. The van der Waals surface area contributed by atoms with E-state index in [2.05, 4.69) is 10.2 Å². The number of carbonyl (C=O) groups is 1. The van der Waals surface area contributed by atoms with Crippen molar-refractivity contribution in [3.63, 3.8) is 0 Å². The topological polar surface area (TPSA) is 100 Å². The van der Waals surface area contributed by atoms with Gasteiger partial charge in [-0.3, -0.25) is 0 Å². The lowest BCUT2D eigenvalue weighted by atomic mass is 10.7. The molecule has 76 valence electrons. The van der Waals surface area contributed by atoms with Crippen molar-refractivity contribution in [2.45, 2.75) is 8.68 Å². The average Bonchev–Trinajstić information content (AvgIpc) is 2.52. The molecule has 0 aliphatic carbocycles. The van der Waals surface area contributed by atoms with Crippen LogP contribution < -0.4 is 0 Å². The zero-order valence-electron chi connectivity index (χ0n) is 6.48. The molecule has 0 bridgehead atoms. The summed E-state index contributed by atoms with van der Waals surface area (Å²) in [5.41, 5.74) is 0. The smallest absolute Gasteiger partial charge is 0.328 e. The van der Waals surface area contributed by atoms with Crippen LogP contribution in [0.3, 0.4) is 0 Å². The number of carboxylic acid groups (broad SMARTS) is 1. The Morgan fingerprint density at radius 3 is 2.79 bits per heavy atom. The molecule has 0 aliphatic heterocycles. The van der Waals surface area contributed by atoms with Crippen LogP contribution in [0.25, 0.3) is 0 Å². The van der Waals surface area contributed by atoms with Gasteiger partial charge in [0.05, 0.1) is 0 Å². The van der Waals surface area contributed by atoms with Crippen molar-refractivity contribution >= 4 is 40.1 Å². The van der Waals surface area contributed by atoms with E-state index in [-0.39, 0.29) is 4.34 Å². The van der Waals surface area contributed by atoms with Crippen molar-refractivity contribution in [1.29, 1.82) is 0 Å². The first-order chi connectivity index (χ1) is 6.59. The fourth-order valence-corrected chi connectivity index (χ4v) is 2.55. The predicted molar refractivity (Wildman–Crippen MR) is 51.6 cm³/mol. The van der Waals surface area contributed by atoms with Crippen LogP contribution in [-0.2, 0) is 15.9 Å². The molecule has 1 heterocycles. The molecule has 0 radical (unpaired) electrons. The van der Waals surface area contributed by atoms with Crippen LogP contribution in [0.5, 0.6) is 0 Å². The van der Waals surface area contributed by atoms with Gasteiger partial charge in [0, 0.05) is 6.08 Å². The van der Waals surface area contributed by atoms with Gasteiger partial charge in [-0.25, -0.2) is 9.00 Å². The largest absolute Gasteiger partial charge is 0.478 e. The zero-order chi connectivity index (χ0) is 10.6. The van der Waals surface area contributed by atoms with Crippen molar-refractivity contribution in [3.05, 3.63) is 11.5 Å². The monoisotopic (exact) mass is 252 g/mol. The standard InChI is InChI=1S/C5H4N2O4S3/c8-3(9)1-2-12-4-6-7-5(13-4)14(10)11/h1-2H,(H,8,9)(H,10,11). The van der Waals surface area contributed by atoms with Crippen LogP contribution in [0.1, 0.15) is 0 Å².